The van der Waals surface area contributed by atoms with E-state index in [1.54, 1.807) is 25.4 Å². The number of ether oxygens (including phenoxy) is 1. The molecule has 3 rings (SSSR count). The Bertz CT molecular complexity index is 747. The fourth-order valence-electron chi connectivity index (χ4n) is 3.30. The van der Waals surface area contributed by atoms with E-state index < -0.39 is 5.97 Å². The van der Waals surface area contributed by atoms with Crippen LogP contribution in [0.25, 0.3) is 0 Å². The minimum absolute atomic E-state index is 0.133. The minimum Gasteiger partial charge on any atom is -0.497 e. The summed E-state index contributed by atoms with van der Waals surface area (Å²) in [5.74, 6) is -0.253. The van der Waals surface area contributed by atoms with Gasteiger partial charge in [-0.1, -0.05) is 0 Å². The van der Waals surface area contributed by atoms with Crippen LogP contribution >= 0.6 is 0 Å². The normalized spacial score (nSPS) is 18.2. The van der Waals surface area contributed by atoms with Gasteiger partial charge in [-0.15, -0.1) is 0 Å². The molecule has 25 heavy (non-hydrogen) atoms. The Hall–Kier alpha value is -2.41. The van der Waals surface area contributed by atoms with Gasteiger partial charge < -0.3 is 9.84 Å². The largest absolute Gasteiger partial charge is 0.497 e. The summed E-state index contributed by atoms with van der Waals surface area (Å²) in [6.45, 7) is 2.07. The number of piperidine rings is 1. The molecule has 1 aromatic carbocycles. The second-order valence-electron chi connectivity index (χ2n) is 6.36. The number of carbonyl (C=O) groups is 1. The molecule has 1 aliphatic rings. The summed E-state index contributed by atoms with van der Waals surface area (Å²) in [6.07, 6.45) is 3.70. The average Bonchev–Trinajstić information content (AvgIpc) is 3.05. The summed E-state index contributed by atoms with van der Waals surface area (Å²) in [4.78, 5) is 13.0. The predicted octanol–water partition coefficient (Wildman–Crippen LogP) is 2.50. The molecule has 6 nitrogen and oxygen atoms in total. The lowest BCUT2D eigenvalue weighted by Gasteiger charge is -2.32. The molecule has 0 aliphatic carbocycles. The summed E-state index contributed by atoms with van der Waals surface area (Å²) in [7, 11) is 1.57. The van der Waals surface area contributed by atoms with Crippen molar-refractivity contribution in [2.45, 2.75) is 31.8 Å². The predicted molar refractivity (Wildman–Crippen MR) is 90.1 cm³/mol. The highest BCUT2D eigenvalue weighted by atomic mass is 19.1. The maximum atomic E-state index is 14.1. The van der Waals surface area contributed by atoms with Crippen LogP contribution in [0.1, 0.15) is 30.0 Å². The molecule has 1 N–H and O–H groups in total. The van der Waals surface area contributed by atoms with Crippen molar-refractivity contribution in [3.05, 3.63) is 47.5 Å². The number of hydrogen-bond acceptors (Lipinski definition) is 4. The van der Waals surface area contributed by atoms with Gasteiger partial charge in [-0.25, -0.2) is 4.39 Å². The van der Waals surface area contributed by atoms with Crippen LogP contribution in [-0.2, 0) is 17.9 Å². The van der Waals surface area contributed by atoms with Crippen molar-refractivity contribution in [1.29, 1.82) is 0 Å². The van der Waals surface area contributed by atoms with Crippen molar-refractivity contribution in [3.63, 3.8) is 0 Å². The van der Waals surface area contributed by atoms with Gasteiger partial charge in [-0.2, -0.15) is 5.10 Å². The number of benzene rings is 1. The number of rotatable bonds is 6. The third kappa shape index (κ3) is 4.36. The molecule has 0 saturated carbocycles. The maximum Gasteiger partial charge on any atom is 0.325 e. The number of aromatic nitrogens is 2. The Morgan fingerprint density at radius 2 is 2.28 bits per heavy atom. The molecule has 0 bridgehead atoms. The zero-order valence-corrected chi connectivity index (χ0v) is 14.2. The zero-order valence-electron chi connectivity index (χ0n) is 14.2. The number of aliphatic carboxylic acids is 1. The van der Waals surface area contributed by atoms with E-state index in [2.05, 4.69) is 10.00 Å². The molecule has 2 heterocycles. The fourth-order valence-corrected chi connectivity index (χ4v) is 3.30. The molecule has 0 radical (unpaired) electrons. The molecule has 1 saturated heterocycles. The van der Waals surface area contributed by atoms with Gasteiger partial charge >= 0.3 is 5.97 Å². The van der Waals surface area contributed by atoms with Gasteiger partial charge in [0.1, 0.15) is 18.1 Å². The topological polar surface area (TPSA) is 67.6 Å². The number of halogens is 1. The monoisotopic (exact) mass is 347 g/mol. The molecule has 134 valence electrons. The molecular formula is C18H22FN3O3. The van der Waals surface area contributed by atoms with Crippen molar-refractivity contribution in [2.24, 2.45) is 0 Å². The SMILES string of the molecule is COc1ccc(F)c(CN2CCC[C@H](c3ccn(CC(=O)O)n3)C2)c1. The van der Waals surface area contributed by atoms with Crippen LogP contribution in [0.4, 0.5) is 4.39 Å². The molecule has 0 spiro atoms. The molecule has 7 heteroatoms. The Morgan fingerprint density at radius 3 is 3.04 bits per heavy atom. The number of nitrogens with zero attached hydrogens (tertiary/aromatic N) is 3. The highest BCUT2D eigenvalue weighted by Crippen LogP contribution is 2.27. The first-order valence-electron chi connectivity index (χ1n) is 8.35. The molecule has 1 fully saturated rings. The van der Waals surface area contributed by atoms with Gasteiger partial charge in [0.25, 0.3) is 0 Å². The number of carboxylic acid groups (broad SMARTS) is 1. The third-order valence-corrected chi connectivity index (χ3v) is 4.53. The first-order valence-corrected chi connectivity index (χ1v) is 8.35. The summed E-state index contributed by atoms with van der Waals surface area (Å²) in [6, 6.07) is 6.67. The van der Waals surface area contributed by atoms with E-state index in [0.717, 1.165) is 31.6 Å². The van der Waals surface area contributed by atoms with Crippen molar-refractivity contribution in [3.8, 4) is 5.75 Å². The van der Waals surface area contributed by atoms with Crippen LogP contribution in [-0.4, -0.2) is 46.0 Å². The quantitative estimate of drug-likeness (QED) is 0.870. The molecule has 2 aromatic rings. The highest BCUT2D eigenvalue weighted by molar-refractivity contribution is 5.66. The first kappa shape index (κ1) is 17.4. The second-order valence-corrected chi connectivity index (χ2v) is 6.36. The number of methoxy groups -OCH3 is 1. The second kappa shape index (κ2) is 7.65. The van der Waals surface area contributed by atoms with Crippen molar-refractivity contribution >= 4 is 5.97 Å². The molecular weight excluding hydrogens is 325 g/mol. The van der Waals surface area contributed by atoms with Gasteiger partial charge in [0.15, 0.2) is 0 Å². The Morgan fingerprint density at radius 1 is 1.44 bits per heavy atom. The number of hydrogen-bond donors (Lipinski definition) is 1. The van der Waals surface area contributed by atoms with E-state index in [1.165, 1.54) is 10.7 Å². The van der Waals surface area contributed by atoms with Gasteiger partial charge in [-0.05, 0) is 43.7 Å². The lowest BCUT2D eigenvalue weighted by molar-refractivity contribution is -0.137. The van der Waals surface area contributed by atoms with Crippen molar-refractivity contribution < 1.29 is 19.0 Å². The summed E-state index contributed by atoms with van der Waals surface area (Å²) >= 11 is 0. The molecule has 1 aliphatic heterocycles. The summed E-state index contributed by atoms with van der Waals surface area (Å²) in [5.41, 5.74) is 1.52. The average molecular weight is 347 g/mol. The highest BCUT2D eigenvalue weighted by Gasteiger charge is 2.24. The van der Waals surface area contributed by atoms with Crippen LogP contribution in [0.15, 0.2) is 30.5 Å². The van der Waals surface area contributed by atoms with Crippen LogP contribution < -0.4 is 4.74 Å². The van der Waals surface area contributed by atoms with E-state index in [0.29, 0.717) is 17.9 Å². The van der Waals surface area contributed by atoms with E-state index in [1.807, 2.05) is 6.07 Å². The van der Waals surface area contributed by atoms with Crippen LogP contribution in [0.3, 0.4) is 0 Å². The van der Waals surface area contributed by atoms with Gasteiger partial charge in [-0.3, -0.25) is 14.4 Å². The smallest absolute Gasteiger partial charge is 0.325 e. The van der Waals surface area contributed by atoms with Gasteiger partial charge in [0.2, 0.25) is 0 Å². The molecule has 1 aromatic heterocycles. The zero-order chi connectivity index (χ0) is 17.8. The van der Waals surface area contributed by atoms with E-state index >= 15 is 0 Å². The van der Waals surface area contributed by atoms with Crippen molar-refractivity contribution in [2.75, 3.05) is 20.2 Å². The number of carboxylic acids is 1. The Labute approximate surface area is 145 Å². The fraction of sp³-hybridized carbons (Fsp3) is 0.444. The van der Waals surface area contributed by atoms with E-state index in [-0.39, 0.29) is 18.3 Å². The van der Waals surface area contributed by atoms with E-state index in [4.69, 9.17) is 9.84 Å². The molecule has 0 amide bonds. The Kier molecular flexibility index (Phi) is 5.33. The Balaban J connectivity index is 1.67. The van der Waals surface area contributed by atoms with Gasteiger partial charge in [0, 0.05) is 30.8 Å². The van der Waals surface area contributed by atoms with E-state index in [9.17, 15) is 9.18 Å². The minimum atomic E-state index is -0.909. The third-order valence-electron chi connectivity index (χ3n) is 4.53. The summed E-state index contributed by atoms with van der Waals surface area (Å²) in [5, 5.41) is 13.2. The maximum absolute atomic E-state index is 14.1. The summed E-state index contributed by atoms with van der Waals surface area (Å²) < 4.78 is 20.7. The standard InChI is InChI=1S/C18H22FN3O3/c1-25-15-4-5-16(19)14(9-15)11-21-7-2-3-13(10-21)17-6-8-22(20-17)12-18(23)24/h4-6,8-9,13H,2-3,7,10-12H2,1H3,(H,23,24)/t13-/m0/s1. The molecule has 0 unspecified atom stereocenters. The van der Waals surface area contributed by atoms with Gasteiger partial charge in [0.05, 0.1) is 12.8 Å². The van der Waals surface area contributed by atoms with Crippen molar-refractivity contribution in [1.82, 2.24) is 14.7 Å². The van der Waals surface area contributed by atoms with Crippen LogP contribution in [0, 0.1) is 5.82 Å². The lowest BCUT2D eigenvalue weighted by Crippen LogP contribution is -2.34. The number of likely N-dealkylation sites (tertiary alicyclic amines) is 1. The van der Waals surface area contributed by atoms with Crippen LogP contribution in [0.5, 0.6) is 5.75 Å². The lowest BCUT2D eigenvalue weighted by atomic mass is 9.94. The molecule has 1 atom stereocenters. The first-order chi connectivity index (χ1) is 12.0. The van der Waals surface area contributed by atoms with Crippen LogP contribution in [0.2, 0.25) is 0 Å².